The van der Waals surface area contributed by atoms with Gasteiger partial charge in [-0.1, -0.05) is 6.07 Å². The molecule has 22 heavy (non-hydrogen) atoms. The zero-order valence-corrected chi connectivity index (χ0v) is 12.8. The van der Waals surface area contributed by atoms with Crippen LogP contribution in [0.4, 0.5) is 10.5 Å². The van der Waals surface area contributed by atoms with Gasteiger partial charge in [-0.05, 0) is 38.0 Å². The van der Waals surface area contributed by atoms with E-state index in [2.05, 4.69) is 15.4 Å². The second-order valence-corrected chi connectivity index (χ2v) is 6.86. The summed E-state index contributed by atoms with van der Waals surface area (Å²) in [5, 5.41) is 4.77. The SMILES string of the molecule is CC(NC(N)=O)C(=O)Nc1cccc(S(=O)(=O)NC2CC2)c1. The van der Waals surface area contributed by atoms with Crippen LogP contribution in [0.2, 0.25) is 0 Å². The maximum absolute atomic E-state index is 12.1. The van der Waals surface area contributed by atoms with E-state index in [0.29, 0.717) is 5.69 Å². The summed E-state index contributed by atoms with van der Waals surface area (Å²) in [6.45, 7) is 1.47. The average Bonchev–Trinajstić information content (AvgIpc) is 3.21. The molecule has 0 radical (unpaired) electrons. The normalized spacial score (nSPS) is 15.9. The Morgan fingerprint density at radius 3 is 2.59 bits per heavy atom. The highest BCUT2D eigenvalue weighted by molar-refractivity contribution is 7.89. The lowest BCUT2D eigenvalue weighted by Gasteiger charge is -2.13. The summed E-state index contributed by atoms with van der Waals surface area (Å²) >= 11 is 0. The Kier molecular flexibility index (Phi) is 4.67. The first-order valence-corrected chi connectivity index (χ1v) is 8.25. The van der Waals surface area contributed by atoms with Crippen molar-refractivity contribution in [2.75, 3.05) is 5.32 Å². The zero-order valence-electron chi connectivity index (χ0n) is 12.0. The van der Waals surface area contributed by atoms with E-state index < -0.39 is 28.0 Å². The second-order valence-electron chi connectivity index (χ2n) is 5.14. The minimum absolute atomic E-state index is 0.00281. The first-order valence-electron chi connectivity index (χ1n) is 6.77. The van der Waals surface area contributed by atoms with Gasteiger partial charge in [0.1, 0.15) is 6.04 Å². The van der Waals surface area contributed by atoms with E-state index in [1.165, 1.54) is 25.1 Å². The summed E-state index contributed by atoms with van der Waals surface area (Å²) in [4.78, 5) is 22.6. The second kappa shape index (κ2) is 6.32. The van der Waals surface area contributed by atoms with Crippen LogP contribution in [-0.4, -0.2) is 32.4 Å². The number of nitrogens with one attached hydrogen (secondary N) is 3. The number of amides is 3. The molecule has 9 heteroatoms. The number of anilines is 1. The lowest BCUT2D eigenvalue weighted by molar-refractivity contribution is -0.117. The number of carbonyl (C=O) groups excluding carboxylic acids is 2. The topological polar surface area (TPSA) is 130 Å². The molecular formula is C13H18N4O4S. The summed E-state index contributed by atoms with van der Waals surface area (Å²) in [7, 11) is -3.59. The van der Waals surface area contributed by atoms with Crippen LogP contribution in [0.15, 0.2) is 29.2 Å². The Hall–Kier alpha value is -2.13. The maximum Gasteiger partial charge on any atom is 0.312 e. The lowest BCUT2D eigenvalue weighted by atomic mass is 10.2. The van der Waals surface area contributed by atoms with Gasteiger partial charge in [-0.25, -0.2) is 17.9 Å². The predicted octanol–water partition coefficient (Wildman–Crippen LogP) is 0.123. The smallest absolute Gasteiger partial charge is 0.312 e. The fourth-order valence-corrected chi connectivity index (χ4v) is 3.11. The van der Waals surface area contributed by atoms with Crippen molar-refractivity contribution < 1.29 is 18.0 Å². The Balaban J connectivity index is 2.08. The van der Waals surface area contributed by atoms with Crippen molar-refractivity contribution in [3.63, 3.8) is 0 Å². The Morgan fingerprint density at radius 1 is 1.32 bits per heavy atom. The Bertz CT molecular complexity index is 685. The van der Waals surface area contributed by atoms with Gasteiger partial charge in [0.15, 0.2) is 0 Å². The van der Waals surface area contributed by atoms with Crippen molar-refractivity contribution >= 4 is 27.6 Å². The molecule has 1 aromatic carbocycles. The Labute approximate surface area is 128 Å². The van der Waals surface area contributed by atoms with Crippen molar-refractivity contribution in [2.45, 2.75) is 36.7 Å². The van der Waals surface area contributed by atoms with Crippen LogP contribution in [0, 0.1) is 0 Å². The van der Waals surface area contributed by atoms with Crippen molar-refractivity contribution in [2.24, 2.45) is 5.73 Å². The minimum atomic E-state index is -3.59. The molecule has 0 aliphatic heterocycles. The number of hydrogen-bond acceptors (Lipinski definition) is 4. The predicted molar refractivity (Wildman–Crippen MR) is 80.6 cm³/mol. The molecule has 120 valence electrons. The van der Waals surface area contributed by atoms with Crippen molar-refractivity contribution in [3.05, 3.63) is 24.3 Å². The van der Waals surface area contributed by atoms with Crippen molar-refractivity contribution in [1.82, 2.24) is 10.0 Å². The van der Waals surface area contributed by atoms with E-state index in [-0.39, 0.29) is 10.9 Å². The summed E-state index contributed by atoms with van der Waals surface area (Å²) in [6.07, 6.45) is 1.68. The molecule has 2 rings (SSSR count). The average molecular weight is 326 g/mol. The van der Waals surface area contributed by atoms with E-state index in [9.17, 15) is 18.0 Å². The number of benzene rings is 1. The van der Waals surface area contributed by atoms with Crippen LogP contribution >= 0.6 is 0 Å². The van der Waals surface area contributed by atoms with Gasteiger partial charge in [-0.2, -0.15) is 0 Å². The molecule has 5 N–H and O–H groups in total. The fraction of sp³-hybridized carbons (Fsp3) is 0.385. The maximum atomic E-state index is 12.1. The zero-order chi connectivity index (χ0) is 16.3. The number of carbonyl (C=O) groups is 2. The van der Waals surface area contributed by atoms with Gasteiger partial charge < -0.3 is 16.4 Å². The third-order valence-corrected chi connectivity index (χ3v) is 4.58. The fourth-order valence-electron chi connectivity index (χ4n) is 1.76. The summed E-state index contributed by atoms with van der Waals surface area (Å²) < 4.78 is 26.8. The largest absolute Gasteiger partial charge is 0.352 e. The van der Waals surface area contributed by atoms with E-state index in [1.807, 2.05) is 0 Å². The molecule has 3 amide bonds. The van der Waals surface area contributed by atoms with Gasteiger partial charge in [0.25, 0.3) is 0 Å². The molecule has 1 atom stereocenters. The summed E-state index contributed by atoms with van der Waals surface area (Å²) in [6, 6.07) is 4.26. The van der Waals surface area contributed by atoms with Crippen LogP contribution in [-0.2, 0) is 14.8 Å². The van der Waals surface area contributed by atoms with E-state index in [1.54, 1.807) is 6.07 Å². The molecule has 0 saturated heterocycles. The molecular weight excluding hydrogens is 308 g/mol. The third-order valence-electron chi connectivity index (χ3n) is 3.06. The molecule has 0 aromatic heterocycles. The highest BCUT2D eigenvalue weighted by Gasteiger charge is 2.28. The van der Waals surface area contributed by atoms with E-state index in [4.69, 9.17) is 5.73 Å². The number of nitrogens with two attached hydrogens (primary N) is 1. The first-order chi connectivity index (χ1) is 10.3. The van der Waals surface area contributed by atoms with Gasteiger partial charge in [0.2, 0.25) is 15.9 Å². The number of urea groups is 1. The van der Waals surface area contributed by atoms with Gasteiger partial charge >= 0.3 is 6.03 Å². The van der Waals surface area contributed by atoms with E-state index in [0.717, 1.165) is 12.8 Å². The highest BCUT2D eigenvalue weighted by Crippen LogP contribution is 2.23. The summed E-state index contributed by atoms with van der Waals surface area (Å²) in [5.74, 6) is -0.497. The van der Waals surface area contributed by atoms with Gasteiger partial charge in [-0.3, -0.25) is 4.79 Å². The molecule has 1 aliphatic rings. The summed E-state index contributed by atoms with van der Waals surface area (Å²) in [5.41, 5.74) is 5.26. The molecule has 1 fully saturated rings. The van der Waals surface area contributed by atoms with Crippen molar-refractivity contribution in [3.8, 4) is 0 Å². The molecule has 1 aliphatic carbocycles. The minimum Gasteiger partial charge on any atom is -0.352 e. The van der Waals surface area contributed by atoms with Gasteiger partial charge in [0, 0.05) is 11.7 Å². The molecule has 0 spiro atoms. The molecule has 0 heterocycles. The number of sulfonamides is 1. The standard InChI is InChI=1S/C13H18N4O4S/c1-8(15-13(14)19)12(18)16-10-3-2-4-11(7-10)22(20,21)17-9-5-6-9/h2-4,7-9,17H,5-6H2,1H3,(H,16,18)(H3,14,15,19). The van der Waals surface area contributed by atoms with Crippen molar-refractivity contribution in [1.29, 1.82) is 0 Å². The van der Waals surface area contributed by atoms with Crippen LogP contribution in [0.1, 0.15) is 19.8 Å². The molecule has 1 unspecified atom stereocenters. The van der Waals surface area contributed by atoms with Crippen LogP contribution in [0.3, 0.4) is 0 Å². The van der Waals surface area contributed by atoms with Crippen LogP contribution in [0.25, 0.3) is 0 Å². The van der Waals surface area contributed by atoms with Gasteiger partial charge in [-0.15, -0.1) is 0 Å². The van der Waals surface area contributed by atoms with Gasteiger partial charge in [0.05, 0.1) is 4.90 Å². The molecule has 1 saturated carbocycles. The first kappa shape index (κ1) is 16.2. The molecule has 0 bridgehead atoms. The number of hydrogen-bond donors (Lipinski definition) is 4. The van der Waals surface area contributed by atoms with E-state index >= 15 is 0 Å². The quantitative estimate of drug-likeness (QED) is 0.591. The van der Waals surface area contributed by atoms with Crippen LogP contribution < -0.4 is 21.1 Å². The number of rotatable bonds is 6. The molecule has 1 aromatic rings. The monoisotopic (exact) mass is 326 g/mol. The highest BCUT2D eigenvalue weighted by atomic mass is 32.2. The lowest BCUT2D eigenvalue weighted by Crippen LogP contribution is -2.44. The Morgan fingerprint density at radius 2 is 2.00 bits per heavy atom. The molecule has 8 nitrogen and oxygen atoms in total. The van der Waals surface area contributed by atoms with Crippen LogP contribution in [0.5, 0.6) is 0 Å². The number of primary amides is 1. The third kappa shape index (κ3) is 4.43.